The molecule has 6 aromatic carbocycles. The van der Waals surface area contributed by atoms with Crippen LogP contribution in [0.5, 0.6) is 0 Å². The second kappa shape index (κ2) is 19.0. The molecule has 10 aromatic rings. The maximum absolute atomic E-state index is 7.27. The molecule has 4 aromatic heterocycles. The van der Waals surface area contributed by atoms with E-state index in [4.69, 9.17) is 68.5 Å². The Morgan fingerprint density at radius 2 is 0.863 bits per heavy atom. The van der Waals surface area contributed by atoms with Crippen LogP contribution in [0.1, 0.15) is 44.8 Å². The molecule has 0 unspecified atom stereocenters. The van der Waals surface area contributed by atoms with Crippen LogP contribution in [0.2, 0.25) is 5.02 Å². The fourth-order valence-corrected chi connectivity index (χ4v) is 8.83. The Morgan fingerprint density at radius 1 is 0.452 bits per heavy atom. The lowest BCUT2D eigenvalue weighted by molar-refractivity contribution is 0.800. The number of nitrogens with zero attached hydrogens (tertiary/aromatic N) is 15. The zero-order valence-corrected chi connectivity index (χ0v) is 41.4. The van der Waals surface area contributed by atoms with Crippen LogP contribution in [0.15, 0.2) is 188 Å². The second-order valence-corrected chi connectivity index (χ2v) is 18.0. The lowest BCUT2D eigenvalue weighted by atomic mass is 10.1. The molecule has 0 spiro atoms. The van der Waals surface area contributed by atoms with Gasteiger partial charge in [0.05, 0.1) is 18.0 Å². The Balaban J connectivity index is 0.000000157. The molecule has 0 bridgehead atoms. The van der Waals surface area contributed by atoms with E-state index >= 15 is 0 Å². The van der Waals surface area contributed by atoms with Gasteiger partial charge in [-0.05, 0) is 52.0 Å². The third-order valence-corrected chi connectivity index (χ3v) is 12.5. The van der Waals surface area contributed by atoms with E-state index in [9.17, 15) is 0 Å². The van der Waals surface area contributed by atoms with E-state index in [0.717, 1.165) is 78.8 Å². The molecule has 0 saturated heterocycles. The summed E-state index contributed by atoms with van der Waals surface area (Å²) in [5, 5.41) is 19.7. The minimum Gasteiger partial charge on any atom is -0.247 e. The normalized spacial score (nSPS) is 14.3. The molecule has 6 heterocycles. The zero-order valence-electron chi connectivity index (χ0n) is 40.6. The molecular formula is C57H44ClN15. The van der Waals surface area contributed by atoms with Gasteiger partial charge in [0.2, 0.25) is 0 Å². The van der Waals surface area contributed by atoms with Crippen molar-refractivity contribution < 1.29 is 0 Å². The third-order valence-electron chi connectivity index (χ3n) is 12.2. The molecule has 73 heavy (non-hydrogen) atoms. The molecule has 354 valence electrons. The molecule has 0 N–H and O–H groups in total. The zero-order chi connectivity index (χ0) is 50.3. The van der Waals surface area contributed by atoms with E-state index in [1.165, 1.54) is 0 Å². The highest BCUT2D eigenvalue weighted by Gasteiger charge is 2.27. The van der Waals surface area contributed by atoms with Crippen LogP contribution in [0, 0.1) is 34.3 Å². The maximum atomic E-state index is 7.27. The van der Waals surface area contributed by atoms with Gasteiger partial charge in [-0.3, -0.25) is 0 Å². The van der Waals surface area contributed by atoms with Gasteiger partial charge in [-0.25, -0.2) is 44.2 Å². The average molecular weight is 975 g/mol. The Morgan fingerprint density at radius 3 is 1.27 bits per heavy atom. The minimum absolute atomic E-state index is 0.491. The number of rotatable bonds is 8. The molecule has 0 radical (unpaired) electrons. The van der Waals surface area contributed by atoms with Crippen LogP contribution >= 0.6 is 11.6 Å². The molecule has 0 aliphatic carbocycles. The van der Waals surface area contributed by atoms with Crippen molar-refractivity contribution in [3.05, 3.63) is 219 Å². The number of aliphatic imine (C=N–C) groups is 6. The molecule has 0 fully saturated rings. The van der Waals surface area contributed by atoms with Gasteiger partial charge in [0.25, 0.3) is 0 Å². The molecular weight excluding hydrogens is 930 g/mol. The lowest BCUT2D eigenvalue weighted by Gasteiger charge is -2.02. The van der Waals surface area contributed by atoms with Crippen LogP contribution in [0.3, 0.4) is 0 Å². The molecule has 2 aliphatic rings. The predicted molar refractivity (Wildman–Crippen MR) is 291 cm³/mol. The number of fused-ring (bicyclic) bond motifs is 2. The molecule has 2 aliphatic heterocycles. The Hall–Kier alpha value is -9.52. The lowest BCUT2D eigenvalue weighted by Crippen LogP contribution is -2.09. The third kappa shape index (κ3) is 8.87. The molecule has 12 rings (SSSR count). The van der Waals surface area contributed by atoms with Gasteiger partial charge in [0.15, 0.2) is 52.0 Å². The standard InChI is InChI=1S/C29H22N8.C28H22ClN7/c1-18-9-8-12-22(17-18)28-35-36(4)29-24(19(2)34-37(28)29)31-27-25(20-13-15-23(30-3)16-14-20)32-26(33-27)21-10-6-5-7-11-21;1-17-8-7-11-21(16-17)27-34-35(3)28-23(18(2)33-36(27)28)30-26-24(19-12-14-22(29)15-13-19)31-25(32-26)20-9-5-4-6-10-20/h5-17H,1-2,4H3;4-16H,1-3H3. The summed E-state index contributed by atoms with van der Waals surface area (Å²) in [5.74, 6) is 3.73. The molecule has 0 amide bonds. The van der Waals surface area contributed by atoms with Crippen molar-refractivity contribution in [1.82, 2.24) is 38.8 Å². The second-order valence-electron chi connectivity index (χ2n) is 17.5. The van der Waals surface area contributed by atoms with Crippen molar-refractivity contribution in [3.63, 3.8) is 0 Å². The quantitative estimate of drug-likeness (QED) is 0.139. The van der Waals surface area contributed by atoms with Crippen molar-refractivity contribution in [2.75, 3.05) is 0 Å². The smallest absolute Gasteiger partial charge is 0.187 e. The summed E-state index contributed by atoms with van der Waals surface area (Å²) in [6.45, 7) is 15.3. The Bertz CT molecular complexity index is 4020. The van der Waals surface area contributed by atoms with Crippen molar-refractivity contribution in [1.29, 1.82) is 0 Å². The first-order chi connectivity index (χ1) is 35.5. The molecule has 15 nitrogen and oxygen atoms in total. The monoisotopic (exact) mass is 973 g/mol. The SMILES string of the molecule is Cc1cccc(-c2nn(C)c3c(N=C4N=C(c5ccccc5)N=C4c4ccc(Cl)cc4)c(C)nn23)c1.[C-]#[N+]c1ccc(C2=NC(c3ccccc3)=NC2=Nc2c(C)nn3c(-c4cccc(C)c4)nn(C)c23)cc1. The van der Waals surface area contributed by atoms with Gasteiger partial charge >= 0.3 is 0 Å². The summed E-state index contributed by atoms with van der Waals surface area (Å²) >= 11 is 6.14. The van der Waals surface area contributed by atoms with E-state index in [2.05, 4.69) is 43.0 Å². The van der Waals surface area contributed by atoms with Crippen molar-refractivity contribution in [2.45, 2.75) is 27.7 Å². The first-order valence-corrected chi connectivity index (χ1v) is 23.7. The van der Waals surface area contributed by atoms with Crippen LogP contribution in [-0.4, -0.2) is 73.6 Å². The number of hydrogen-bond donors (Lipinski definition) is 0. The van der Waals surface area contributed by atoms with Crippen molar-refractivity contribution in [2.24, 2.45) is 44.0 Å². The van der Waals surface area contributed by atoms with Crippen LogP contribution in [-0.2, 0) is 14.1 Å². The predicted octanol–water partition coefficient (Wildman–Crippen LogP) is 11.9. The number of hydrogen-bond acceptors (Lipinski definition) is 8. The van der Waals surface area contributed by atoms with Crippen LogP contribution < -0.4 is 0 Å². The number of halogens is 1. The summed E-state index contributed by atoms with van der Waals surface area (Å²) in [6, 6.07) is 51.0. The topological polar surface area (TPSA) is 149 Å². The van der Waals surface area contributed by atoms with Gasteiger partial charge in [-0.2, -0.15) is 29.4 Å². The first-order valence-electron chi connectivity index (χ1n) is 23.4. The highest BCUT2D eigenvalue weighted by atomic mass is 35.5. The van der Waals surface area contributed by atoms with Gasteiger partial charge in [0, 0.05) is 52.5 Å². The minimum atomic E-state index is 0.491. The summed E-state index contributed by atoms with van der Waals surface area (Å²) in [6.07, 6.45) is 0. The first kappa shape index (κ1) is 45.9. The van der Waals surface area contributed by atoms with E-state index in [1.807, 2.05) is 163 Å². The van der Waals surface area contributed by atoms with Crippen molar-refractivity contribution >= 4 is 74.7 Å². The number of benzene rings is 6. The van der Waals surface area contributed by atoms with E-state index in [1.54, 1.807) is 16.8 Å². The molecule has 0 atom stereocenters. The molecule has 16 heteroatoms. The van der Waals surface area contributed by atoms with Gasteiger partial charge in [0.1, 0.15) is 22.8 Å². The summed E-state index contributed by atoms with van der Waals surface area (Å²) in [5.41, 5.74) is 14.3. The van der Waals surface area contributed by atoms with Gasteiger partial charge < -0.3 is 0 Å². The Labute approximate surface area is 425 Å². The highest BCUT2D eigenvalue weighted by molar-refractivity contribution is 6.55. The van der Waals surface area contributed by atoms with Gasteiger partial charge in [-0.1, -0.05) is 156 Å². The summed E-state index contributed by atoms with van der Waals surface area (Å²) in [7, 11) is 3.80. The average Bonchev–Trinajstić information content (AvgIpc) is 4.27. The maximum Gasteiger partial charge on any atom is 0.187 e. The number of amidine groups is 4. The fraction of sp³-hybridized carbons (Fsp3) is 0.105. The Kier molecular flexibility index (Phi) is 11.9. The van der Waals surface area contributed by atoms with E-state index in [0.29, 0.717) is 56.9 Å². The molecule has 0 saturated carbocycles. The van der Waals surface area contributed by atoms with E-state index in [-0.39, 0.29) is 0 Å². The number of aryl methyl sites for hydroxylation is 6. The largest absolute Gasteiger partial charge is 0.247 e. The number of aromatic nitrogens is 8. The van der Waals surface area contributed by atoms with Crippen LogP contribution in [0.4, 0.5) is 17.1 Å². The summed E-state index contributed by atoms with van der Waals surface area (Å²) < 4.78 is 7.29. The summed E-state index contributed by atoms with van der Waals surface area (Å²) in [4.78, 5) is 32.9. The van der Waals surface area contributed by atoms with Crippen molar-refractivity contribution in [3.8, 4) is 22.8 Å². The van der Waals surface area contributed by atoms with E-state index < -0.39 is 0 Å². The van der Waals surface area contributed by atoms with Crippen LogP contribution in [0.25, 0.3) is 38.9 Å². The highest BCUT2D eigenvalue weighted by Crippen LogP contribution is 2.33. The fourth-order valence-electron chi connectivity index (χ4n) is 8.70. The van der Waals surface area contributed by atoms with Gasteiger partial charge in [-0.15, -0.1) is 0 Å².